The van der Waals surface area contributed by atoms with Crippen molar-refractivity contribution in [3.8, 4) is 17.9 Å². The molecule has 0 aliphatic rings. The third-order valence-corrected chi connectivity index (χ3v) is 1.76. The molecular weight excluding hydrogens is 198 g/mol. The summed E-state index contributed by atoms with van der Waals surface area (Å²) in [4.78, 5) is 3.84. The van der Waals surface area contributed by atoms with Gasteiger partial charge in [-0.3, -0.25) is 0 Å². The highest BCUT2D eigenvalue weighted by Gasteiger charge is 2.00. The van der Waals surface area contributed by atoms with E-state index in [1.54, 1.807) is 6.07 Å². The molecule has 1 aromatic rings. The highest BCUT2D eigenvalue weighted by molar-refractivity contribution is 6.30. The number of rotatable bonds is 1. The SMILES string of the molecule is N#Cc1cc(C#CCCN)cnc1Cl. The Hall–Kier alpha value is -1.55. The lowest BCUT2D eigenvalue weighted by atomic mass is 10.2. The summed E-state index contributed by atoms with van der Waals surface area (Å²) in [6, 6.07) is 3.55. The molecule has 70 valence electrons. The lowest BCUT2D eigenvalue weighted by Gasteiger charge is -1.93. The van der Waals surface area contributed by atoms with Crippen LogP contribution in [0.4, 0.5) is 0 Å². The maximum atomic E-state index is 8.67. The van der Waals surface area contributed by atoms with E-state index in [2.05, 4.69) is 16.8 Å². The van der Waals surface area contributed by atoms with Crippen LogP contribution >= 0.6 is 11.6 Å². The van der Waals surface area contributed by atoms with Crippen molar-refractivity contribution in [2.75, 3.05) is 6.54 Å². The third kappa shape index (κ3) is 2.74. The molecule has 0 bridgehead atoms. The molecule has 0 amide bonds. The molecule has 0 saturated carbocycles. The van der Waals surface area contributed by atoms with Gasteiger partial charge in [-0.1, -0.05) is 23.4 Å². The zero-order chi connectivity index (χ0) is 10.4. The van der Waals surface area contributed by atoms with Crippen molar-refractivity contribution >= 4 is 11.6 Å². The van der Waals surface area contributed by atoms with Crippen LogP contribution in [0.2, 0.25) is 5.15 Å². The fourth-order valence-corrected chi connectivity index (χ4v) is 0.977. The minimum atomic E-state index is 0.205. The monoisotopic (exact) mass is 205 g/mol. The minimum Gasteiger partial charge on any atom is -0.330 e. The van der Waals surface area contributed by atoms with Crippen LogP contribution in [0.25, 0.3) is 0 Å². The molecule has 0 aliphatic carbocycles. The number of nitrogens with zero attached hydrogens (tertiary/aromatic N) is 2. The van der Waals surface area contributed by atoms with E-state index in [9.17, 15) is 0 Å². The molecule has 0 aromatic carbocycles. The van der Waals surface area contributed by atoms with Crippen molar-refractivity contribution in [2.45, 2.75) is 6.42 Å². The van der Waals surface area contributed by atoms with Gasteiger partial charge in [0.1, 0.15) is 11.2 Å². The summed E-state index contributed by atoms with van der Waals surface area (Å²) < 4.78 is 0. The van der Waals surface area contributed by atoms with Gasteiger partial charge in [0.25, 0.3) is 0 Å². The predicted molar refractivity (Wildman–Crippen MR) is 54.5 cm³/mol. The highest BCUT2D eigenvalue weighted by Crippen LogP contribution is 2.12. The summed E-state index contributed by atoms with van der Waals surface area (Å²) >= 11 is 5.66. The Bertz CT molecular complexity index is 423. The van der Waals surface area contributed by atoms with E-state index >= 15 is 0 Å². The van der Waals surface area contributed by atoms with Crippen LogP contribution in [-0.2, 0) is 0 Å². The van der Waals surface area contributed by atoms with E-state index in [4.69, 9.17) is 22.6 Å². The number of halogens is 1. The lowest BCUT2D eigenvalue weighted by Crippen LogP contribution is -1.95. The number of hydrogen-bond acceptors (Lipinski definition) is 3. The second-order valence-electron chi connectivity index (χ2n) is 2.51. The Morgan fingerprint density at radius 3 is 3.00 bits per heavy atom. The zero-order valence-electron chi connectivity index (χ0n) is 7.42. The van der Waals surface area contributed by atoms with Gasteiger partial charge in [0, 0.05) is 24.7 Å². The molecule has 4 heteroatoms. The first kappa shape index (κ1) is 10.5. The fourth-order valence-electron chi connectivity index (χ4n) is 0.832. The molecule has 1 rings (SSSR count). The zero-order valence-corrected chi connectivity index (χ0v) is 8.17. The molecule has 1 aromatic heterocycles. The number of aromatic nitrogens is 1. The number of pyridine rings is 1. The van der Waals surface area contributed by atoms with Crippen molar-refractivity contribution in [3.05, 3.63) is 28.5 Å². The maximum Gasteiger partial charge on any atom is 0.146 e. The van der Waals surface area contributed by atoms with Crippen LogP contribution in [0.1, 0.15) is 17.5 Å². The van der Waals surface area contributed by atoms with E-state index in [1.165, 1.54) is 6.20 Å². The van der Waals surface area contributed by atoms with Crippen molar-refractivity contribution < 1.29 is 0 Å². The van der Waals surface area contributed by atoms with Crippen molar-refractivity contribution in [1.29, 1.82) is 5.26 Å². The van der Waals surface area contributed by atoms with Crippen molar-refractivity contribution in [2.24, 2.45) is 5.73 Å². The van der Waals surface area contributed by atoms with Gasteiger partial charge >= 0.3 is 0 Å². The second kappa shape index (κ2) is 5.24. The molecule has 0 radical (unpaired) electrons. The summed E-state index contributed by atoms with van der Waals surface area (Å²) in [6.07, 6.45) is 2.16. The van der Waals surface area contributed by atoms with Gasteiger partial charge in [-0.05, 0) is 6.07 Å². The van der Waals surface area contributed by atoms with Gasteiger partial charge < -0.3 is 5.73 Å². The quantitative estimate of drug-likeness (QED) is 0.556. The molecule has 14 heavy (non-hydrogen) atoms. The van der Waals surface area contributed by atoms with Gasteiger partial charge in [0.05, 0.1) is 5.56 Å². The molecule has 3 nitrogen and oxygen atoms in total. The molecule has 0 saturated heterocycles. The van der Waals surface area contributed by atoms with Crippen LogP contribution in [0.15, 0.2) is 12.3 Å². The van der Waals surface area contributed by atoms with E-state index in [0.29, 0.717) is 24.1 Å². The highest BCUT2D eigenvalue weighted by atomic mass is 35.5. The number of nitrogens with two attached hydrogens (primary N) is 1. The minimum absolute atomic E-state index is 0.205. The van der Waals surface area contributed by atoms with Crippen LogP contribution < -0.4 is 5.73 Å². The third-order valence-electron chi connectivity index (χ3n) is 1.46. The van der Waals surface area contributed by atoms with Crippen LogP contribution in [0.5, 0.6) is 0 Å². The fraction of sp³-hybridized carbons (Fsp3) is 0.200. The Labute approximate surface area is 87.5 Å². The van der Waals surface area contributed by atoms with Crippen LogP contribution in [0, 0.1) is 23.2 Å². The molecular formula is C10H8ClN3. The van der Waals surface area contributed by atoms with Crippen LogP contribution in [0.3, 0.4) is 0 Å². The van der Waals surface area contributed by atoms with Gasteiger partial charge in [0.15, 0.2) is 0 Å². The normalized spacial score (nSPS) is 8.64. The van der Waals surface area contributed by atoms with Crippen LogP contribution in [-0.4, -0.2) is 11.5 Å². The Morgan fingerprint density at radius 2 is 2.36 bits per heavy atom. The van der Waals surface area contributed by atoms with Gasteiger partial charge in [0.2, 0.25) is 0 Å². The van der Waals surface area contributed by atoms with Gasteiger partial charge in [-0.25, -0.2) is 4.98 Å². The molecule has 2 N–H and O–H groups in total. The lowest BCUT2D eigenvalue weighted by molar-refractivity contribution is 1.03. The molecule has 1 heterocycles. The van der Waals surface area contributed by atoms with Crippen molar-refractivity contribution in [1.82, 2.24) is 4.98 Å². The standard InChI is InChI=1S/C10H8ClN3/c11-10-9(6-13)5-8(7-14-10)3-1-2-4-12/h5,7H,2,4,12H2. The van der Waals surface area contributed by atoms with E-state index in [0.717, 1.165) is 0 Å². The van der Waals surface area contributed by atoms with E-state index in [-0.39, 0.29) is 5.15 Å². The summed E-state index contributed by atoms with van der Waals surface area (Å²) in [6.45, 7) is 0.527. The molecule has 0 unspecified atom stereocenters. The number of nitriles is 1. The average molecular weight is 206 g/mol. The Balaban J connectivity index is 2.93. The molecule has 0 atom stereocenters. The summed E-state index contributed by atoms with van der Waals surface area (Å²) in [5, 5.41) is 8.88. The topological polar surface area (TPSA) is 62.7 Å². The van der Waals surface area contributed by atoms with E-state index < -0.39 is 0 Å². The summed E-state index contributed by atoms with van der Waals surface area (Å²) in [5.41, 5.74) is 6.30. The maximum absolute atomic E-state index is 8.67. The number of hydrogen-bond donors (Lipinski definition) is 1. The first-order valence-electron chi connectivity index (χ1n) is 4.02. The first-order valence-corrected chi connectivity index (χ1v) is 4.40. The largest absolute Gasteiger partial charge is 0.330 e. The average Bonchev–Trinajstić information content (AvgIpc) is 2.21. The molecule has 0 aliphatic heterocycles. The molecule has 0 fully saturated rings. The molecule has 0 spiro atoms. The Kier molecular flexibility index (Phi) is 3.94. The van der Waals surface area contributed by atoms with Gasteiger partial charge in [-0.15, -0.1) is 0 Å². The van der Waals surface area contributed by atoms with E-state index in [1.807, 2.05) is 6.07 Å². The first-order chi connectivity index (χ1) is 6.77. The summed E-state index contributed by atoms with van der Waals surface area (Å²) in [7, 11) is 0. The summed E-state index contributed by atoms with van der Waals surface area (Å²) in [5.74, 6) is 5.70. The van der Waals surface area contributed by atoms with Crippen molar-refractivity contribution in [3.63, 3.8) is 0 Å². The smallest absolute Gasteiger partial charge is 0.146 e. The van der Waals surface area contributed by atoms with Gasteiger partial charge in [-0.2, -0.15) is 5.26 Å². The second-order valence-corrected chi connectivity index (χ2v) is 2.87. The Morgan fingerprint density at radius 1 is 1.57 bits per heavy atom. The predicted octanol–water partition coefficient (Wildman–Crippen LogP) is 1.31.